The average Bonchev–Trinajstić information content (AvgIpc) is 2.44. The maximum Gasteiger partial charge on any atom is 0.0190 e. The third-order valence-electron chi connectivity index (χ3n) is 3.49. The predicted octanol–water partition coefficient (Wildman–Crippen LogP) is 4.09. The topological polar surface area (TPSA) is 26.0 Å². The van der Waals surface area contributed by atoms with Crippen molar-refractivity contribution in [1.82, 2.24) is 0 Å². The second-order valence-corrected chi connectivity index (χ2v) is 4.39. The van der Waals surface area contributed by atoms with E-state index in [0.717, 1.165) is 0 Å². The molecule has 18 heavy (non-hydrogen) atoms. The Bertz CT molecular complexity index is 684. The first kappa shape index (κ1) is 11.0. The van der Waals surface area contributed by atoms with Gasteiger partial charge in [-0.05, 0) is 32.7 Å². The van der Waals surface area contributed by atoms with E-state index in [9.17, 15) is 0 Å². The SMILES string of the molecule is C=Cc1c2ccccc2c(CN)c2ccccc12. The molecule has 0 aliphatic rings. The van der Waals surface area contributed by atoms with Crippen LogP contribution < -0.4 is 5.73 Å². The summed E-state index contributed by atoms with van der Waals surface area (Å²) < 4.78 is 0. The minimum atomic E-state index is 0.554. The molecule has 0 saturated heterocycles. The summed E-state index contributed by atoms with van der Waals surface area (Å²) in [5.41, 5.74) is 8.36. The Labute approximate surface area is 107 Å². The number of benzene rings is 3. The third-order valence-corrected chi connectivity index (χ3v) is 3.49. The van der Waals surface area contributed by atoms with E-state index < -0.39 is 0 Å². The van der Waals surface area contributed by atoms with Gasteiger partial charge in [0, 0.05) is 6.54 Å². The van der Waals surface area contributed by atoms with E-state index in [-0.39, 0.29) is 0 Å². The van der Waals surface area contributed by atoms with Gasteiger partial charge in [0.15, 0.2) is 0 Å². The summed E-state index contributed by atoms with van der Waals surface area (Å²) in [7, 11) is 0. The summed E-state index contributed by atoms with van der Waals surface area (Å²) in [5, 5.41) is 4.92. The fourth-order valence-electron chi connectivity index (χ4n) is 2.69. The molecule has 0 amide bonds. The van der Waals surface area contributed by atoms with Gasteiger partial charge < -0.3 is 5.73 Å². The predicted molar refractivity (Wildman–Crippen MR) is 79.4 cm³/mol. The first-order valence-corrected chi connectivity index (χ1v) is 6.11. The van der Waals surface area contributed by atoms with Crippen molar-refractivity contribution >= 4 is 27.6 Å². The Morgan fingerprint density at radius 3 is 1.67 bits per heavy atom. The molecule has 0 spiro atoms. The standard InChI is InChI=1S/C17H15N/c1-2-12-13-7-3-5-9-15(13)17(11-18)16-10-6-4-8-14(12)16/h2-10H,1,11,18H2. The van der Waals surface area contributed by atoms with Gasteiger partial charge in [0.2, 0.25) is 0 Å². The Kier molecular flexibility index (Phi) is 2.62. The molecule has 0 atom stereocenters. The van der Waals surface area contributed by atoms with Gasteiger partial charge in [0.05, 0.1) is 0 Å². The lowest BCUT2D eigenvalue weighted by atomic mass is 9.92. The normalized spacial score (nSPS) is 10.9. The minimum absolute atomic E-state index is 0.554. The van der Waals surface area contributed by atoms with Gasteiger partial charge in [0.25, 0.3) is 0 Å². The van der Waals surface area contributed by atoms with E-state index in [1.165, 1.54) is 32.7 Å². The molecule has 0 aromatic heterocycles. The van der Waals surface area contributed by atoms with E-state index >= 15 is 0 Å². The number of fused-ring (bicyclic) bond motifs is 2. The van der Waals surface area contributed by atoms with Crippen LogP contribution in [0.15, 0.2) is 55.1 Å². The molecule has 0 aliphatic heterocycles. The summed E-state index contributed by atoms with van der Waals surface area (Å²) in [6.45, 7) is 4.51. The van der Waals surface area contributed by atoms with Crippen LogP contribution in [0.5, 0.6) is 0 Å². The van der Waals surface area contributed by atoms with Crippen molar-refractivity contribution in [1.29, 1.82) is 0 Å². The van der Waals surface area contributed by atoms with E-state index in [4.69, 9.17) is 5.73 Å². The van der Waals surface area contributed by atoms with Crippen LogP contribution in [-0.2, 0) is 6.54 Å². The summed E-state index contributed by atoms with van der Waals surface area (Å²) in [6, 6.07) is 16.8. The molecule has 3 aromatic carbocycles. The molecule has 0 unspecified atom stereocenters. The molecule has 0 aliphatic carbocycles. The summed E-state index contributed by atoms with van der Waals surface area (Å²) in [5.74, 6) is 0. The average molecular weight is 233 g/mol. The van der Waals surface area contributed by atoms with Crippen molar-refractivity contribution in [2.45, 2.75) is 6.54 Å². The maximum atomic E-state index is 5.95. The Hall–Kier alpha value is -2.12. The fourth-order valence-corrected chi connectivity index (χ4v) is 2.69. The zero-order valence-corrected chi connectivity index (χ0v) is 10.2. The number of rotatable bonds is 2. The van der Waals surface area contributed by atoms with Gasteiger partial charge in [-0.3, -0.25) is 0 Å². The van der Waals surface area contributed by atoms with Gasteiger partial charge in [0.1, 0.15) is 0 Å². The highest BCUT2D eigenvalue weighted by atomic mass is 14.5. The third kappa shape index (κ3) is 1.45. The summed E-state index contributed by atoms with van der Waals surface area (Å²) >= 11 is 0. The largest absolute Gasteiger partial charge is 0.326 e. The first-order chi connectivity index (χ1) is 8.86. The van der Waals surface area contributed by atoms with E-state index in [1.807, 2.05) is 6.08 Å². The minimum Gasteiger partial charge on any atom is -0.326 e. The molecule has 0 saturated carbocycles. The molecular formula is C17H15N. The highest BCUT2D eigenvalue weighted by Crippen LogP contribution is 2.33. The van der Waals surface area contributed by atoms with Crippen LogP contribution >= 0.6 is 0 Å². The Morgan fingerprint density at radius 1 is 0.833 bits per heavy atom. The molecular weight excluding hydrogens is 218 g/mol. The lowest BCUT2D eigenvalue weighted by Crippen LogP contribution is -2.00. The molecule has 0 bridgehead atoms. The highest BCUT2D eigenvalue weighted by Gasteiger charge is 2.09. The van der Waals surface area contributed by atoms with Crippen molar-refractivity contribution in [3.05, 3.63) is 66.2 Å². The van der Waals surface area contributed by atoms with E-state index in [2.05, 4.69) is 55.1 Å². The summed E-state index contributed by atoms with van der Waals surface area (Å²) in [6.07, 6.45) is 1.94. The van der Waals surface area contributed by atoms with Crippen LogP contribution in [0.1, 0.15) is 11.1 Å². The van der Waals surface area contributed by atoms with Crippen LogP contribution in [0.2, 0.25) is 0 Å². The molecule has 3 aromatic rings. The maximum absolute atomic E-state index is 5.95. The molecule has 3 rings (SSSR count). The Balaban J connectivity index is 2.65. The van der Waals surface area contributed by atoms with Gasteiger partial charge >= 0.3 is 0 Å². The smallest absolute Gasteiger partial charge is 0.0190 e. The monoisotopic (exact) mass is 233 g/mol. The van der Waals surface area contributed by atoms with Crippen LogP contribution in [0.3, 0.4) is 0 Å². The molecule has 1 heteroatoms. The van der Waals surface area contributed by atoms with Crippen molar-refractivity contribution < 1.29 is 0 Å². The molecule has 0 radical (unpaired) electrons. The highest BCUT2D eigenvalue weighted by molar-refractivity contribution is 6.09. The molecule has 88 valence electrons. The van der Waals surface area contributed by atoms with Gasteiger partial charge in [-0.2, -0.15) is 0 Å². The molecule has 0 fully saturated rings. The van der Waals surface area contributed by atoms with Gasteiger partial charge in [-0.15, -0.1) is 0 Å². The van der Waals surface area contributed by atoms with Crippen LogP contribution in [0.25, 0.3) is 27.6 Å². The molecule has 1 nitrogen and oxygen atoms in total. The van der Waals surface area contributed by atoms with Gasteiger partial charge in [-0.1, -0.05) is 61.2 Å². The fraction of sp³-hybridized carbons (Fsp3) is 0.0588. The number of hydrogen-bond acceptors (Lipinski definition) is 1. The second kappa shape index (κ2) is 4.28. The zero-order valence-electron chi connectivity index (χ0n) is 10.2. The van der Waals surface area contributed by atoms with Crippen LogP contribution in [0.4, 0.5) is 0 Å². The van der Waals surface area contributed by atoms with E-state index in [1.54, 1.807) is 0 Å². The van der Waals surface area contributed by atoms with Crippen molar-refractivity contribution in [3.63, 3.8) is 0 Å². The number of hydrogen-bond donors (Lipinski definition) is 1. The second-order valence-electron chi connectivity index (χ2n) is 4.39. The Morgan fingerprint density at radius 2 is 1.28 bits per heavy atom. The first-order valence-electron chi connectivity index (χ1n) is 6.11. The molecule has 0 heterocycles. The summed E-state index contributed by atoms with van der Waals surface area (Å²) in [4.78, 5) is 0. The number of nitrogens with two attached hydrogens (primary N) is 1. The lowest BCUT2D eigenvalue weighted by Gasteiger charge is -2.13. The van der Waals surface area contributed by atoms with Crippen molar-refractivity contribution in [3.8, 4) is 0 Å². The lowest BCUT2D eigenvalue weighted by molar-refractivity contribution is 1.10. The molecule has 2 N–H and O–H groups in total. The zero-order chi connectivity index (χ0) is 12.5. The van der Waals surface area contributed by atoms with Crippen LogP contribution in [-0.4, -0.2) is 0 Å². The van der Waals surface area contributed by atoms with Crippen molar-refractivity contribution in [2.24, 2.45) is 5.73 Å². The van der Waals surface area contributed by atoms with E-state index in [0.29, 0.717) is 6.54 Å². The quantitative estimate of drug-likeness (QED) is 0.663. The van der Waals surface area contributed by atoms with Crippen LogP contribution in [0, 0.1) is 0 Å². The van der Waals surface area contributed by atoms with Gasteiger partial charge in [-0.25, -0.2) is 0 Å². The van der Waals surface area contributed by atoms with Crippen molar-refractivity contribution in [2.75, 3.05) is 0 Å².